The molecule has 0 saturated heterocycles. The maximum absolute atomic E-state index is 14.3. The summed E-state index contributed by atoms with van der Waals surface area (Å²) in [5, 5.41) is 0. The second-order valence-corrected chi connectivity index (χ2v) is 7.23. The summed E-state index contributed by atoms with van der Waals surface area (Å²) in [6, 6.07) is 13.7. The van der Waals surface area contributed by atoms with Gasteiger partial charge in [0.1, 0.15) is 11.6 Å². The standard InChI is InChI=1S/C24H21F2NO3/c1-14-4-9-18(12-20(14)26)27-23(28)11-16-10-21(29-2)22(30-3)13-19(16)24(27)15-5-7-17(25)8-6-15/h4-10,12-13,24H,11H2,1-3H3/t24-/m0/s1. The Labute approximate surface area is 173 Å². The monoisotopic (exact) mass is 409 g/mol. The van der Waals surface area contributed by atoms with E-state index in [0.29, 0.717) is 28.3 Å². The molecular formula is C24H21F2NO3. The van der Waals surface area contributed by atoms with Crippen molar-refractivity contribution in [2.75, 3.05) is 19.1 Å². The van der Waals surface area contributed by atoms with Crippen molar-refractivity contribution in [3.05, 3.63) is 88.5 Å². The molecule has 154 valence electrons. The number of hydrogen-bond donors (Lipinski definition) is 0. The Hall–Kier alpha value is -3.41. The Bertz CT molecular complexity index is 1110. The number of nitrogens with zero attached hydrogens (tertiary/aromatic N) is 1. The van der Waals surface area contributed by atoms with Gasteiger partial charge in [-0.05, 0) is 65.6 Å². The van der Waals surface area contributed by atoms with E-state index in [-0.39, 0.29) is 18.1 Å². The van der Waals surface area contributed by atoms with Crippen molar-refractivity contribution in [2.24, 2.45) is 0 Å². The zero-order chi connectivity index (χ0) is 21.4. The minimum absolute atomic E-state index is 0.128. The van der Waals surface area contributed by atoms with Crippen LogP contribution in [0.5, 0.6) is 11.5 Å². The van der Waals surface area contributed by atoms with Gasteiger partial charge in [0.05, 0.1) is 26.7 Å². The van der Waals surface area contributed by atoms with Crippen molar-refractivity contribution >= 4 is 11.6 Å². The first kappa shape index (κ1) is 19.9. The highest BCUT2D eigenvalue weighted by Crippen LogP contribution is 2.43. The smallest absolute Gasteiger partial charge is 0.232 e. The van der Waals surface area contributed by atoms with Crippen LogP contribution in [0, 0.1) is 18.6 Å². The number of fused-ring (bicyclic) bond motifs is 1. The van der Waals surface area contributed by atoms with Gasteiger partial charge in [-0.2, -0.15) is 0 Å². The van der Waals surface area contributed by atoms with E-state index in [0.717, 1.165) is 11.1 Å². The highest BCUT2D eigenvalue weighted by molar-refractivity contribution is 5.98. The molecule has 1 heterocycles. The lowest BCUT2D eigenvalue weighted by molar-refractivity contribution is -0.118. The normalized spacial score (nSPS) is 15.7. The van der Waals surface area contributed by atoms with E-state index in [1.54, 1.807) is 42.2 Å². The lowest BCUT2D eigenvalue weighted by Gasteiger charge is -2.38. The summed E-state index contributed by atoms with van der Waals surface area (Å²) in [4.78, 5) is 14.8. The molecule has 6 heteroatoms. The lowest BCUT2D eigenvalue weighted by atomic mass is 9.86. The summed E-state index contributed by atoms with van der Waals surface area (Å²) in [6.45, 7) is 1.67. The number of halogens is 2. The molecule has 0 unspecified atom stereocenters. The third kappa shape index (κ3) is 3.38. The van der Waals surface area contributed by atoms with E-state index in [4.69, 9.17) is 9.47 Å². The van der Waals surface area contributed by atoms with Gasteiger partial charge in [0.25, 0.3) is 0 Å². The number of ether oxygens (including phenoxy) is 2. The average Bonchev–Trinajstić information content (AvgIpc) is 2.74. The SMILES string of the molecule is COc1cc2c(cc1OC)[C@H](c1ccc(F)cc1)N(c1ccc(C)c(F)c1)C(=O)C2. The fraction of sp³-hybridized carbons (Fsp3) is 0.208. The number of hydrogen-bond acceptors (Lipinski definition) is 3. The van der Waals surface area contributed by atoms with E-state index < -0.39 is 11.9 Å². The maximum atomic E-state index is 14.3. The molecule has 1 aliphatic heterocycles. The number of carbonyl (C=O) groups excluding carboxylic acids is 1. The molecular weight excluding hydrogens is 388 g/mol. The van der Waals surface area contributed by atoms with Gasteiger partial charge in [-0.15, -0.1) is 0 Å². The van der Waals surface area contributed by atoms with Gasteiger partial charge in [0, 0.05) is 5.69 Å². The van der Waals surface area contributed by atoms with Crippen LogP contribution in [-0.4, -0.2) is 20.1 Å². The molecule has 3 aromatic carbocycles. The van der Waals surface area contributed by atoms with Crippen molar-refractivity contribution in [2.45, 2.75) is 19.4 Å². The third-order valence-electron chi connectivity index (χ3n) is 5.43. The van der Waals surface area contributed by atoms with Crippen molar-refractivity contribution < 1.29 is 23.0 Å². The van der Waals surface area contributed by atoms with Crippen LogP contribution in [0.3, 0.4) is 0 Å². The van der Waals surface area contributed by atoms with Crippen molar-refractivity contribution in [3.63, 3.8) is 0 Å². The van der Waals surface area contributed by atoms with E-state index in [1.165, 1.54) is 32.4 Å². The number of amides is 1. The third-order valence-corrected chi connectivity index (χ3v) is 5.43. The van der Waals surface area contributed by atoms with E-state index in [1.807, 2.05) is 6.07 Å². The number of methoxy groups -OCH3 is 2. The molecule has 1 amide bonds. The van der Waals surface area contributed by atoms with E-state index in [9.17, 15) is 13.6 Å². The van der Waals surface area contributed by atoms with Crippen LogP contribution in [0.15, 0.2) is 54.6 Å². The van der Waals surface area contributed by atoms with Crippen LogP contribution in [0.4, 0.5) is 14.5 Å². The van der Waals surface area contributed by atoms with Crippen LogP contribution in [0.2, 0.25) is 0 Å². The summed E-state index contributed by atoms with van der Waals surface area (Å²) in [5.41, 5.74) is 3.25. The first-order valence-electron chi connectivity index (χ1n) is 9.51. The number of rotatable bonds is 4. The Balaban J connectivity index is 1.95. The minimum atomic E-state index is -0.566. The lowest BCUT2D eigenvalue weighted by Crippen LogP contribution is -2.41. The molecule has 0 fully saturated rings. The number of anilines is 1. The Kier molecular flexibility index (Phi) is 5.16. The van der Waals surface area contributed by atoms with Crippen LogP contribution in [0.1, 0.15) is 28.3 Å². The fourth-order valence-electron chi connectivity index (χ4n) is 3.87. The molecule has 0 aromatic heterocycles. The Morgan fingerprint density at radius 2 is 1.60 bits per heavy atom. The zero-order valence-corrected chi connectivity index (χ0v) is 16.9. The number of benzene rings is 3. The summed E-state index contributed by atoms with van der Waals surface area (Å²) < 4.78 is 38.8. The predicted octanol–water partition coefficient (Wildman–Crippen LogP) is 4.97. The maximum Gasteiger partial charge on any atom is 0.232 e. The second-order valence-electron chi connectivity index (χ2n) is 7.23. The van der Waals surface area contributed by atoms with Gasteiger partial charge in [-0.3, -0.25) is 4.79 Å². The Morgan fingerprint density at radius 1 is 0.933 bits per heavy atom. The molecule has 1 atom stereocenters. The van der Waals surface area contributed by atoms with Crippen LogP contribution >= 0.6 is 0 Å². The molecule has 1 aliphatic rings. The second kappa shape index (κ2) is 7.78. The van der Waals surface area contributed by atoms with Crippen LogP contribution in [-0.2, 0) is 11.2 Å². The molecule has 4 rings (SSSR count). The number of aryl methyl sites for hydroxylation is 1. The summed E-state index contributed by atoms with van der Waals surface area (Å²) in [7, 11) is 3.08. The molecule has 0 N–H and O–H groups in total. The van der Waals surface area contributed by atoms with Crippen LogP contribution in [0.25, 0.3) is 0 Å². The van der Waals surface area contributed by atoms with E-state index in [2.05, 4.69) is 0 Å². The Morgan fingerprint density at radius 3 is 2.23 bits per heavy atom. The van der Waals surface area contributed by atoms with Gasteiger partial charge < -0.3 is 14.4 Å². The van der Waals surface area contributed by atoms with Gasteiger partial charge in [0.15, 0.2) is 11.5 Å². The zero-order valence-electron chi connectivity index (χ0n) is 16.9. The topological polar surface area (TPSA) is 38.8 Å². The molecule has 0 spiro atoms. The highest BCUT2D eigenvalue weighted by atomic mass is 19.1. The van der Waals surface area contributed by atoms with Crippen molar-refractivity contribution in [1.82, 2.24) is 0 Å². The van der Waals surface area contributed by atoms with Crippen molar-refractivity contribution in [3.8, 4) is 11.5 Å². The summed E-state index contributed by atoms with van der Waals surface area (Å²) in [5.74, 6) is 0.0920. The molecule has 0 aliphatic carbocycles. The van der Waals surface area contributed by atoms with Gasteiger partial charge in [0.2, 0.25) is 5.91 Å². The molecule has 0 saturated carbocycles. The van der Waals surface area contributed by atoms with E-state index >= 15 is 0 Å². The fourth-order valence-corrected chi connectivity index (χ4v) is 3.87. The average molecular weight is 409 g/mol. The minimum Gasteiger partial charge on any atom is -0.493 e. The van der Waals surface area contributed by atoms with Gasteiger partial charge >= 0.3 is 0 Å². The van der Waals surface area contributed by atoms with Gasteiger partial charge in [-0.25, -0.2) is 8.78 Å². The molecule has 0 bridgehead atoms. The molecule has 4 nitrogen and oxygen atoms in total. The van der Waals surface area contributed by atoms with Crippen molar-refractivity contribution in [1.29, 1.82) is 0 Å². The van der Waals surface area contributed by atoms with Gasteiger partial charge in [-0.1, -0.05) is 18.2 Å². The molecule has 3 aromatic rings. The largest absolute Gasteiger partial charge is 0.493 e. The first-order valence-corrected chi connectivity index (χ1v) is 9.51. The summed E-state index contributed by atoms with van der Waals surface area (Å²) in [6.07, 6.45) is 0.128. The molecule has 0 radical (unpaired) electrons. The quantitative estimate of drug-likeness (QED) is 0.611. The summed E-state index contributed by atoms with van der Waals surface area (Å²) >= 11 is 0. The predicted molar refractivity (Wildman–Crippen MR) is 110 cm³/mol. The van der Waals surface area contributed by atoms with Crippen LogP contribution < -0.4 is 14.4 Å². The number of carbonyl (C=O) groups is 1. The first-order chi connectivity index (χ1) is 14.4. The highest BCUT2D eigenvalue weighted by Gasteiger charge is 2.36. The molecule has 30 heavy (non-hydrogen) atoms.